The summed E-state index contributed by atoms with van der Waals surface area (Å²) in [5.41, 5.74) is 1.97. The quantitative estimate of drug-likeness (QED) is 0.612. The van der Waals surface area contributed by atoms with Gasteiger partial charge >= 0.3 is 5.97 Å². The highest BCUT2D eigenvalue weighted by Gasteiger charge is 2.13. The van der Waals surface area contributed by atoms with Crippen LogP contribution in [0, 0.1) is 0 Å². The Morgan fingerprint density at radius 3 is 2.68 bits per heavy atom. The van der Waals surface area contributed by atoms with E-state index >= 15 is 0 Å². The lowest BCUT2D eigenvalue weighted by Gasteiger charge is -2.12. The second kappa shape index (κ2) is 9.01. The largest absolute Gasteiger partial charge is 0.493 e. The highest BCUT2D eigenvalue weighted by molar-refractivity contribution is 7.13. The van der Waals surface area contributed by atoms with Crippen molar-refractivity contribution in [2.45, 2.75) is 0 Å². The Hall–Kier alpha value is -3.39. The average Bonchev–Trinajstić information content (AvgIpc) is 3.27. The Morgan fingerprint density at radius 2 is 1.96 bits per heavy atom. The lowest BCUT2D eigenvalue weighted by Crippen LogP contribution is -2.14. The molecule has 8 heteroatoms. The molecule has 144 valence electrons. The Kier molecular flexibility index (Phi) is 6.23. The van der Waals surface area contributed by atoms with E-state index in [2.05, 4.69) is 15.0 Å². The van der Waals surface area contributed by atoms with Gasteiger partial charge in [-0.1, -0.05) is 12.1 Å². The highest BCUT2D eigenvalue weighted by atomic mass is 32.1. The number of methoxy groups -OCH3 is 2. The first kappa shape index (κ1) is 19.4. The maximum Gasteiger partial charge on any atom is 0.343 e. The molecular weight excluding hydrogens is 380 g/mol. The van der Waals surface area contributed by atoms with Crippen LogP contribution in [0.2, 0.25) is 0 Å². The maximum atomic E-state index is 12.6. The smallest absolute Gasteiger partial charge is 0.343 e. The molecule has 0 fully saturated rings. The first-order valence-corrected chi connectivity index (χ1v) is 9.17. The van der Waals surface area contributed by atoms with Gasteiger partial charge in [0.15, 0.2) is 18.1 Å². The van der Waals surface area contributed by atoms with Gasteiger partial charge in [-0.15, -0.1) is 11.3 Å². The number of hydrogen-bond donors (Lipinski definition) is 1. The van der Waals surface area contributed by atoms with Gasteiger partial charge in [0.25, 0.3) is 5.91 Å². The first-order valence-electron chi connectivity index (χ1n) is 8.29. The molecule has 0 atom stereocenters. The summed E-state index contributed by atoms with van der Waals surface area (Å²) < 4.78 is 15.1. The van der Waals surface area contributed by atoms with Gasteiger partial charge in [-0.3, -0.25) is 4.79 Å². The lowest BCUT2D eigenvalue weighted by atomic mass is 10.1. The molecule has 28 heavy (non-hydrogen) atoms. The van der Waals surface area contributed by atoms with Crippen LogP contribution in [0.25, 0.3) is 10.6 Å². The van der Waals surface area contributed by atoms with Crippen LogP contribution in [0.4, 0.5) is 5.69 Å². The van der Waals surface area contributed by atoms with Gasteiger partial charge in [0.1, 0.15) is 5.01 Å². The Labute approximate surface area is 165 Å². The number of esters is 1. The number of thiazole rings is 1. The molecule has 0 bridgehead atoms. The molecule has 0 aliphatic rings. The molecule has 1 N–H and O–H groups in total. The van der Waals surface area contributed by atoms with E-state index in [1.165, 1.54) is 25.6 Å². The molecular formula is C20H18N2O5S. The van der Waals surface area contributed by atoms with Crippen molar-refractivity contribution in [2.24, 2.45) is 0 Å². The molecule has 7 nitrogen and oxygen atoms in total. The van der Waals surface area contributed by atoms with Crippen molar-refractivity contribution in [3.8, 4) is 22.1 Å². The SMILES string of the molecule is COC(=O)COc1ccc(C(=O)Nc2cccc(-c3nccs3)c2)cc1OC. The zero-order valence-electron chi connectivity index (χ0n) is 15.3. The zero-order valence-corrected chi connectivity index (χ0v) is 16.1. The fraction of sp³-hybridized carbons (Fsp3) is 0.150. The number of benzene rings is 2. The predicted molar refractivity (Wildman–Crippen MR) is 106 cm³/mol. The number of ether oxygens (including phenoxy) is 3. The average molecular weight is 398 g/mol. The Balaban J connectivity index is 1.74. The summed E-state index contributed by atoms with van der Waals surface area (Å²) in [7, 11) is 2.74. The van der Waals surface area contributed by atoms with Crippen LogP contribution >= 0.6 is 11.3 Å². The summed E-state index contributed by atoms with van der Waals surface area (Å²) in [5.74, 6) is -0.124. The van der Waals surface area contributed by atoms with Crippen LogP contribution in [0.15, 0.2) is 54.0 Å². The fourth-order valence-electron chi connectivity index (χ4n) is 2.42. The summed E-state index contributed by atoms with van der Waals surface area (Å²) in [5, 5.41) is 5.64. The zero-order chi connectivity index (χ0) is 19.9. The van der Waals surface area contributed by atoms with Crippen LogP contribution in [0.1, 0.15) is 10.4 Å². The first-order chi connectivity index (χ1) is 13.6. The molecule has 0 aliphatic heterocycles. The number of rotatable bonds is 7. The molecule has 1 heterocycles. The van der Waals surface area contributed by atoms with E-state index in [0.29, 0.717) is 22.7 Å². The second-order valence-electron chi connectivity index (χ2n) is 5.60. The fourth-order valence-corrected chi connectivity index (χ4v) is 3.06. The number of carbonyl (C=O) groups excluding carboxylic acids is 2. The van der Waals surface area contributed by atoms with Crippen LogP contribution in [-0.2, 0) is 9.53 Å². The van der Waals surface area contributed by atoms with Crippen LogP contribution < -0.4 is 14.8 Å². The maximum absolute atomic E-state index is 12.6. The minimum Gasteiger partial charge on any atom is -0.493 e. The van der Waals surface area contributed by atoms with Crippen LogP contribution in [0.3, 0.4) is 0 Å². The number of anilines is 1. The Bertz CT molecular complexity index is 972. The molecule has 2 aromatic carbocycles. The second-order valence-corrected chi connectivity index (χ2v) is 6.50. The van der Waals surface area contributed by atoms with E-state index in [0.717, 1.165) is 10.6 Å². The summed E-state index contributed by atoms with van der Waals surface area (Å²) in [6.45, 7) is -0.248. The van der Waals surface area contributed by atoms with Gasteiger partial charge in [-0.25, -0.2) is 9.78 Å². The molecule has 0 saturated heterocycles. The van der Waals surface area contributed by atoms with Gasteiger partial charge in [-0.2, -0.15) is 0 Å². The third-order valence-corrected chi connectivity index (χ3v) is 4.62. The molecule has 3 rings (SSSR count). The number of hydrogen-bond acceptors (Lipinski definition) is 7. The van der Waals surface area contributed by atoms with Gasteiger partial charge in [-0.05, 0) is 30.3 Å². The van der Waals surface area contributed by atoms with E-state index in [1.54, 1.807) is 30.5 Å². The summed E-state index contributed by atoms with van der Waals surface area (Å²) in [4.78, 5) is 28.1. The normalized spacial score (nSPS) is 10.2. The number of carbonyl (C=O) groups is 2. The number of nitrogens with zero attached hydrogens (tertiary/aromatic N) is 1. The molecule has 0 unspecified atom stereocenters. The highest BCUT2D eigenvalue weighted by Crippen LogP contribution is 2.29. The van der Waals surface area contributed by atoms with E-state index in [1.807, 2.05) is 23.6 Å². The van der Waals surface area contributed by atoms with Crippen LogP contribution in [0.5, 0.6) is 11.5 Å². The minimum atomic E-state index is -0.510. The number of aromatic nitrogens is 1. The van der Waals surface area contributed by atoms with Crippen molar-refractivity contribution >= 4 is 28.9 Å². The van der Waals surface area contributed by atoms with Crippen molar-refractivity contribution in [1.82, 2.24) is 4.98 Å². The summed E-state index contributed by atoms with van der Waals surface area (Å²) >= 11 is 1.53. The van der Waals surface area contributed by atoms with Crippen molar-refractivity contribution in [3.05, 3.63) is 59.6 Å². The van der Waals surface area contributed by atoms with E-state index < -0.39 is 5.97 Å². The van der Waals surface area contributed by atoms with E-state index in [-0.39, 0.29) is 12.5 Å². The molecule has 1 amide bonds. The van der Waals surface area contributed by atoms with Gasteiger partial charge < -0.3 is 19.5 Å². The van der Waals surface area contributed by atoms with Gasteiger partial charge in [0.2, 0.25) is 0 Å². The Morgan fingerprint density at radius 1 is 1.11 bits per heavy atom. The van der Waals surface area contributed by atoms with Crippen molar-refractivity contribution < 1.29 is 23.8 Å². The van der Waals surface area contributed by atoms with Crippen LogP contribution in [-0.4, -0.2) is 37.7 Å². The molecule has 0 radical (unpaired) electrons. The van der Waals surface area contributed by atoms with E-state index in [4.69, 9.17) is 9.47 Å². The molecule has 0 spiro atoms. The van der Waals surface area contributed by atoms with Crippen molar-refractivity contribution in [2.75, 3.05) is 26.1 Å². The van der Waals surface area contributed by atoms with Gasteiger partial charge in [0, 0.05) is 28.4 Å². The number of nitrogens with one attached hydrogen (secondary N) is 1. The monoisotopic (exact) mass is 398 g/mol. The number of amides is 1. The standard InChI is InChI=1S/C20H18N2O5S/c1-25-17-11-13(6-7-16(17)27-12-18(23)26-2)19(24)22-15-5-3-4-14(10-15)20-21-8-9-28-20/h3-11H,12H2,1-2H3,(H,22,24). The van der Waals surface area contributed by atoms with E-state index in [9.17, 15) is 9.59 Å². The summed E-state index contributed by atoms with van der Waals surface area (Å²) in [6.07, 6.45) is 1.74. The third-order valence-electron chi connectivity index (χ3n) is 3.80. The van der Waals surface area contributed by atoms with Crippen molar-refractivity contribution in [1.29, 1.82) is 0 Å². The molecule has 0 aliphatic carbocycles. The van der Waals surface area contributed by atoms with Crippen molar-refractivity contribution in [3.63, 3.8) is 0 Å². The summed E-state index contributed by atoms with van der Waals surface area (Å²) in [6, 6.07) is 12.2. The molecule has 3 aromatic rings. The lowest BCUT2D eigenvalue weighted by molar-refractivity contribution is -0.142. The molecule has 1 aromatic heterocycles. The topological polar surface area (TPSA) is 86.8 Å². The third kappa shape index (κ3) is 4.66. The van der Waals surface area contributed by atoms with Gasteiger partial charge in [0.05, 0.1) is 14.2 Å². The minimum absolute atomic E-state index is 0.248. The molecule has 0 saturated carbocycles. The predicted octanol–water partition coefficient (Wildman–Crippen LogP) is 3.62.